The van der Waals surface area contributed by atoms with Crippen LogP contribution >= 0.6 is 0 Å². The van der Waals surface area contributed by atoms with Crippen molar-refractivity contribution in [3.05, 3.63) is 64.4 Å². The first-order valence-corrected chi connectivity index (χ1v) is 9.70. The SMILES string of the molecule is Cc1c(-c2ccccc2)c(=O)[nH]c2cc(NC3C(O)OC(CO)[C@H](O)C3O)ccc12. The third-order valence-corrected chi connectivity index (χ3v) is 5.57. The van der Waals surface area contributed by atoms with Gasteiger partial charge in [-0.15, -0.1) is 0 Å². The fourth-order valence-corrected chi connectivity index (χ4v) is 3.95. The zero-order valence-electron chi connectivity index (χ0n) is 16.3. The fraction of sp³-hybridized carbons (Fsp3) is 0.318. The number of nitrogens with one attached hydrogen (secondary N) is 2. The summed E-state index contributed by atoms with van der Waals surface area (Å²) >= 11 is 0. The summed E-state index contributed by atoms with van der Waals surface area (Å²) in [5.41, 5.74) is 3.18. The summed E-state index contributed by atoms with van der Waals surface area (Å²) in [4.78, 5) is 15.6. The van der Waals surface area contributed by atoms with E-state index in [0.717, 1.165) is 16.5 Å². The second-order valence-electron chi connectivity index (χ2n) is 7.48. The Kier molecular flexibility index (Phi) is 5.59. The van der Waals surface area contributed by atoms with Crippen molar-refractivity contribution < 1.29 is 25.2 Å². The molecule has 0 amide bonds. The van der Waals surface area contributed by atoms with Gasteiger partial charge in [-0.3, -0.25) is 4.79 Å². The first-order valence-electron chi connectivity index (χ1n) is 9.70. The minimum atomic E-state index is -1.43. The first kappa shape index (κ1) is 20.5. The Hall–Kier alpha value is -2.75. The summed E-state index contributed by atoms with van der Waals surface area (Å²) in [6, 6.07) is 13.7. The van der Waals surface area contributed by atoms with Crippen molar-refractivity contribution in [2.24, 2.45) is 0 Å². The van der Waals surface area contributed by atoms with Crippen LogP contribution in [0.5, 0.6) is 0 Å². The van der Waals surface area contributed by atoms with Crippen LogP contribution in [0.4, 0.5) is 5.69 Å². The van der Waals surface area contributed by atoms with E-state index in [-0.39, 0.29) is 5.56 Å². The Morgan fingerprint density at radius 2 is 1.80 bits per heavy atom. The van der Waals surface area contributed by atoms with Gasteiger partial charge in [0.1, 0.15) is 24.4 Å². The molecule has 5 atom stereocenters. The van der Waals surface area contributed by atoms with E-state index in [9.17, 15) is 25.2 Å². The second-order valence-corrected chi connectivity index (χ2v) is 7.48. The molecular formula is C22H24N2O6. The molecule has 1 aliphatic heterocycles. The summed E-state index contributed by atoms with van der Waals surface area (Å²) in [6.07, 6.45) is -5.22. The minimum Gasteiger partial charge on any atom is -0.394 e. The van der Waals surface area contributed by atoms with E-state index in [1.807, 2.05) is 43.3 Å². The number of rotatable bonds is 4. The van der Waals surface area contributed by atoms with Crippen molar-refractivity contribution in [1.29, 1.82) is 0 Å². The number of aryl methyl sites for hydroxylation is 1. The zero-order valence-corrected chi connectivity index (χ0v) is 16.3. The summed E-state index contributed by atoms with van der Waals surface area (Å²) < 4.78 is 5.17. The van der Waals surface area contributed by atoms with Gasteiger partial charge in [0.05, 0.1) is 17.7 Å². The third-order valence-electron chi connectivity index (χ3n) is 5.57. The van der Waals surface area contributed by atoms with Crippen LogP contribution in [0.3, 0.4) is 0 Å². The number of hydrogen-bond acceptors (Lipinski definition) is 7. The van der Waals surface area contributed by atoms with E-state index in [0.29, 0.717) is 16.8 Å². The number of pyridine rings is 1. The number of aliphatic hydroxyl groups is 4. The van der Waals surface area contributed by atoms with Gasteiger partial charge in [-0.1, -0.05) is 36.4 Å². The second kappa shape index (κ2) is 8.17. The summed E-state index contributed by atoms with van der Waals surface area (Å²) in [5.74, 6) is 0. The number of ether oxygens (including phenoxy) is 1. The molecule has 1 saturated heterocycles. The largest absolute Gasteiger partial charge is 0.394 e. The Morgan fingerprint density at radius 1 is 1.07 bits per heavy atom. The lowest BCUT2D eigenvalue weighted by Crippen LogP contribution is -2.61. The van der Waals surface area contributed by atoms with E-state index in [1.165, 1.54) is 0 Å². The number of aliphatic hydroxyl groups excluding tert-OH is 4. The monoisotopic (exact) mass is 412 g/mol. The fourth-order valence-electron chi connectivity index (χ4n) is 3.95. The molecule has 0 radical (unpaired) electrons. The number of aromatic nitrogens is 1. The molecule has 8 nitrogen and oxygen atoms in total. The molecule has 6 N–H and O–H groups in total. The van der Waals surface area contributed by atoms with Crippen LogP contribution in [0, 0.1) is 6.92 Å². The van der Waals surface area contributed by atoms with Crippen molar-refractivity contribution in [3.63, 3.8) is 0 Å². The molecule has 1 aromatic heterocycles. The van der Waals surface area contributed by atoms with Gasteiger partial charge >= 0.3 is 0 Å². The number of fused-ring (bicyclic) bond motifs is 1. The molecule has 0 aliphatic carbocycles. The third kappa shape index (κ3) is 3.60. The van der Waals surface area contributed by atoms with Crippen molar-refractivity contribution in [1.82, 2.24) is 4.98 Å². The lowest BCUT2D eigenvalue weighted by atomic mass is 9.96. The van der Waals surface area contributed by atoms with E-state index < -0.39 is 37.3 Å². The van der Waals surface area contributed by atoms with E-state index in [1.54, 1.807) is 12.1 Å². The quantitative estimate of drug-likeness (QED) is 0.372. The van der Waals surface area contributed by atoms with Gasteiger partial charge in [-0.05, 0) is 30.2 Å². The average Bonchev–Trinajstić information content (AvgIpc) is 2.74. The predicted octanol–water partition coefficient (Wildman–Crippen LogP) is 0.715. The van der Waals surface area contributed by atoms with Crippen LogP contribution in [-0.2, 0) is 4.74 Å². The van der Waals surface area contributed by atoms with E-state index in [4.69, 9.17) is 4.74 Å². The van der Waals surface area contributed by atoms with Gasteiger partial charge in [0, 0.05) is 11.1 Å². The highest BCUT2D eigenvalue weighted by Crippen LogP contribution is 2.28. The number of hydrogen-bond donors (Lipinski definition) is 6. The zero-order chi connectivity index (χ0) is 21.4. The molecule has 0 spiro atoms. The van der Waals surface area contributed by atoms with Gasteiger partial charge in [0.2, 0.25) is 0 Å². The van der Waals surface area contributed by atoms with Crippen LogP contribution in [0.2, 0.25) is 0 Å². The molecule has 8 heteroatoms. The molecule has 158 valence electrons. The topological polar surface area (TPSA) is 135 Å². The minimum absolute atomic E-state index is 0.217. The van der Waals surface area contributed by atoms with E-state index in [2.05, 4.69) is 10.3 Å². The number of benzene rings is 2. The lowest BCUT2D eigenvalue weighted by Gasteiger charge is -2.40. The highest BCUT2D eigenvalue weighted by Gasteiger charge is 2.43. The number of aromatic amines is 1. The van der Waals surface area contributed by atoms with Crippen molar-refractivity contribution in [2.75, 3.05) is 11.9 Å². The molecular weight excluding hydrogens is 388 g/mol. The van der Waals surface area contributed by atoms with Crippen LogP contribution in [0.1, 0.15) is 5.56 Å². The van der Waals surface area contributed by atoms with Gasteiger partial charge in [0.25, 0.3) is 5.56 Å². The predicted molar refractivity (Wildman–Crippen MR) is 112 cm³/mol. The molecule has 0 bridgehead atoms. The highest BCUT2D eigenvalue weighted by molar-refractivity contribution is 5.90. The highest BCUT2D eigenvalue weighted by atomic mass is 16.6. The summed E-state index contributed by atoms with van der Waals surface area (Å²) in [7, 11) is 0. The van der Waals surface area contributed by atoms with Gasteiger partial charge in [0.15, 0.2) is 6.29 Å². The maximum Gasteiger partial charge on any atom is 0.256 e. The Bertz CT molecular complexity index is 1100. The van der Waals surface area contributed by atoms with Gasteiger partial charge in [-0.2, -0.15) is 0 Å². The molecule has 0 saturated carbocycles. The normalized spacial score (nSPS) is 26.6. The lowest BCUT2D eigenvalue weighted by molar-refractivity contribution is -0.245. The number of H-pyrrole nitrogens is 1. The van der Waals surface area contributed by atoms with Crippen molar-refractivity contribution >= 4 is 16.6 Å². The van der Waals surface area contributed by atoms with Crippen LogP contribution in [0.15, 0.2) is 53.3 Å². The van der Waals surface area contributed by atoms with Gasteiger partial charge in [-0.25, -0.2) is 0 Å². The molecule has 3 aromatic rings. The van der Waals surface area contributed by atoms with Crippen molar-refractivity contribution in [3.8, 4) is 11.1 Å². The molecule has 2 heterocycles. The molecule has 1 fully saturated rings. The molecule has 4 rings (SSSR count). The first-order chi connectivity index (χ1) is 14.4. The summed E-state index contributed by atoms with van der Waals surface area (Å²) in [5, 5.41) is 43.5. The molecule has 2 aromatic carbocycles. The van der Waals surface area contributed by atoms with Crippen LogP contribution < -0.4 is 10.9 Å². The Morgan fingerprint density at radius 3 is 2.50 bits per heavy atom. The van der Waals surface area contributed by atoms with Crippen molar-refractivity contribution in [2.45, 2.75) is 37.6 Å². The Labute approximate surface area is 172 Å². The average molecular weight is 412 g/mol. The van der Waals surface area contributed by atoms with Crippen LogP contribution in [0.25, 0.3) is 22.0 Å². The van der Waals surface area contributed by atoms with E-state index >= 15 is 0 Å². The van der Waals surface area contributed by atoms with Gasteiger partial charge < -0.3 is 35.5 Å². The summed E-state index contributed by atoms with van der Waals surface area (Å²) in [6.45, 7) is 1.36. The number of anilines is 1. The Balaban J connectivity index is 1.67. The van der Waals surface area contributed by atoms with Crippen LogP contribution in [-0.4, -0.2) is 62.7 Å². The smallest absolute Gasteiger partial charge is 0.256 e. The molecule has 1 aliphatic rings. The maximum absolute atomic E-state index is 12.7. The standard InChI is InChI=1S/C22H24N2O6/c1-11-14-8-7-13(23-18-20(27)19(26)16(10-25)30-22(18)29)9-15(14)24-21(28)17(11)12-5-3-2-4-6-12/h2-9,16,18-20,22-23,25-27,29H,10H2,1H3,(H,24,28)/t16?,18?,19-,20?,22?/m0/s1. The molecule has 4 unspecified atom stereocenters. The molecule has 30 heavy (non-hydrogen) atoms. The maximum atomic E-state index is 12.7.